The van der Waals surface area contributed by atoms with E-state index in [-0.39, 0.29) is 5.41 Å². The zero-order valence-electron chi connectivity index (χ0n) is 27.5. The molecule has 0 N–H and O–H groups in total. The second-order valence-corrected chi connectivity index (χ2v) is 14.5. The Morgan fingerprint density at radius 2 is 1.04 bits per heavy atom. The fourth-order valence-electron chi connectivity index (χ4n) is 8.88. The van der Waals surface area contributed by atoms with Gasteiger partial charge in [0.05, 0.1) is 16.4 Å². The minimum atomic E-state index is -0.436. The Labute approximate surface area is 281 Å². The van der Waals surface area contributed by atoms with Gasteiger partial charge >= 0.3 is 0 Å². The molecule has 0 amide bonds. The normalized spacial score (nSPS) is 13.9. The molecule has 0 bridgehead atoms. The first-order chi connectivity index (χ1) is 23.5. The lowest BCUT2D eigenvalue weighted by Gasteiger charge is -2.31. The lowest BCUT2D eigenvalue weighted by molar-refractivity contribution is 0.591. The fraction of sp³-hybridized carbons (Fsp3) is 0.106. The van der Waals surface area contributed by atoms with Gasteiger partial charge in [-0.2, -0.15) is 0 Å². The molecule has 228 valence electrons. The van der Waals surface area contributed by atoms with E-state index in [4.69, 9.17) is 0 Å². The van der Waals surface area contributed by atoms with E-state index >= 15 is 0 Å². The Kier molecular flexibility index (Phi) is 5.54. The summed E-state index contributed by atoms with van der Waals surface area (Å²) < 4.78 is 2.57. The Balaban J connectivity index is 1.41. The first kappa shape index (κ1) is 27.5. The molecule has 0 saturated carbocycles. The predicted molar refractivity (Wildman–Crippen MR) is 201 cm³/mol. The maximum absolute atomic E-state index is 2.57. The van der Waals surface area contributed by atoms with Crippen LogP contribution in [-0.4, -0.2) is 4.57 Å². The lowest BCUT2D eigenvalue weighted by Crippen LogP contribution is -2.26. The molecule has 1 spiro atoms. The number of aromatic nitrogens is 1. The van der Waals surface area contributed by atoms with Crippen molar-refractivity contribution >= 4 is 21.8 Å². The van der Waals surface area contributed by atoms with Gasteiger partial charge < -0.3 is 4.57 Å². The number of nitrogens with zero attached hydrogens (tertiary/aromatic N) is 1. The zero-order valence-corrected chi connectivity index (χ0v) is 27.5. The summed E-state index contributed by atoms with van der Waals surface area (Å²) in [6.07, 6.45) is 0. The smallest absolute Gasteiger partial charge is 0.0746 e. The van der Waals surface area contributed by atoms with Crippen molar-refractivity contribution in [2.75, 3.05) is 0 Å². The molecule has 10 rings (SSSR count). The minimum absolute atomic E-state index is 0.0351. The van der Waals surface area contributed by atoms with Crippen LogP contribution in [0.25, 0.3) is 60.9 Å². The van der Waals surface area contributed by atoms with Crippen molar-refractivity contribution in [1.29, 1.82) is 0 Å². The van der Waals surface area contributed by atoms with Crippen molar-refractivity contribution in [2.24, 2.45) is 0 Å². The largest absolute Gasteiger partial charge is 0.309 e. The summed E-state index contributed by atoms with van der Waals surface area (Å²) in [6.45, 7) is 6.94. The third-order valence-electron chi connectivity index (χ3n) is 11.0. The van der Waals surface area contributed by atoms with Gasteiger partial charge in [0, 0.05) is 22.0 Å². The van der Waals surface area contributed by atoms with Crippen molar-refractivity contribution in [1.82, 2.24) is 4.57 Å². The van der Waals surface area contributed by atoms with E-state index < -0.39 is 5.41 Å². The standard InChI is InChI=1S/C47H35N/c1-46(2,3)32-24-27-43-39(29-32)38-26-25-37-36-20-9-12-23-42(36)47(40-21-10-7-18-34(40)35-19-8-11-22-41(35)47)44(37)45(38)48(43)33-17-13-16-31(28-33)30-14-5-4-6-15-30/h4-29H,1-3H3. The highest BCUT2D eigenvalue weighted by Crippen LogP contribution is 2.64. The SMILES string of the molecule is CC(C)(C)c1ccc2c(c1)c1ccc3c(c1n2-c1cccc(-c2ccccc2)c1)C1(c2ccccc2-c2ccccc21)c1ccccc1-3. The third kappa shape index (κ3) is 3.51. The Morgan fingerprint density at radius 1 is 0.458 bits per heavy atom. The molecule has 1 heterocycles. The maximum Gasteiger partial charge on any atom is 0.0746 e. The lowest BCUT2D eigenvalue weighted by atomic mass is 9.70. The topological polar surface area (TPSA) is 4.93 Å². The van der Waals surface area contributed by atoms with Crippen LogP contribution in [0.5, 0.6) is 0 Å². The third-order valence-corrected chi connectivity index (χ3v) is 11.0. The second kappa shape index (κ2) is 9.69. The molecule has 2 aliphatic rings. The second-order valence-electron chi connectivity index (χ2n) is 14.5. The molecule has 1 heteroatoms. The summed E-state index contributed by atoms with van der Waals surface area (Å²) in [7, 11) is 0. The molecule has 0 aliphatic heterocycles. The summed E-state index contributed by atoms with van der Waals surface area (Å²) in [6, 6.07) is 59.2. The predicted octanol–water partition coefficient (Wildman–Crippen LogP) is 12.1. The molecule has 0 unspecified atom stereocenters. The van der Waals surface area contributed by atoms with E-state index in [0.717, 1.165) is 0 Å². The first-order valence-electron chi connectivity index (χ1n) is 17.0. The highest BCUT2D eigenvalue weighted by molar-refractivity contribution is 6.15. The number of fused-ring (bicyclic) bond motifs is 14. The van der Waals surface area contributed by atoms with Crippen molar-refractivity contribution in [3.63, 3.8) is 0 Å². The van der Waals surface area contributed by atoms with Crippen molar-refractivity contribution in [2.45, 2.75) is 31.6 Å². The molecule has 0 atom stereocenters. The summed E-state index contributed by atoms with van der Waals surface area (Å²) >= 11 is 0. The van der Waals surface area contributed by atoms with Gasteiger partial charge in [0.2, 0.25) is 0 Å². The molecule has 1 nitrogen and oxygen atoms in total. The van der Waals surface area contributed by atoms with Crippen LogP contribution in [0.2, 0.25) is 0 Å². The molecule has 7 aromatic carbocycles. The fourth-order valence-corrected chi connectivity index (χ4v) is 8.88. The average molecular weight is 614 g/mol. The molecule has 8 aromatic rings. The summed E-state index contributed by atoms with van der Waals surface area (Å²) in [5.41, 5.74) is 17.9. The molecule has 1 aromatic heterocycles. The van der Waals surface area contributed by atoms with Crippen molar-refractivity contribution in [3.8, 4) is 39.1 Å². The van der Waals surface area contributed by atoms with Gasteiger partial charge in [-0.25, -0.2) is 0 Å². The Morgan fingerprint density at radius 3 is 1.69 bits per heavy atom. The molecule has 0 fully saturated rings. The van der Waals surface area contributed by atoms with Gasteiger partial charge in [-0.1, -0.05) is 154 Å². The van der Waals surface area contributed by atoms with E-state index in [1.807, 2.05) is 0 Å². The van der Waals surface area contributed by atoms with Gasteiger partial charge in [0.25, 0.3) is 0 Å². The number of rotatable bonds is 2. The summed E-state index contributed by atoms with van der Waals surface area (Å²) in [5.74, 6) is 0. The zero-order chi connectivity index (χ0) is 32.2. The Bertz CT molecular complexity index is 2530. The average Bonchev–Trinajstić information content (AvgIpc) is 3.73. The highest BCUT2D eigenvalue weighted by Gasteiger charge is 2.53. The quantitative estimate of drug-likeness (QED) is 0.183. The van der Waals surface area contributed by atoms with Crippen molar-refractivity contribution < 1.29 is 0 Å². The molecular weight excluding hydrogens is 579 g/mol. The molecule has 0 saturated heterocycles. The van der Waals surface area contributed by atoms with E-state index in [1.54, 1.807) is 0 Å². The van der Waals surface area contributed by atoms with Crippen LogP contribution in [0.1, 0.15) is 48.6 Å². The van der Waals surface area contributed by atoms with Crippen LogP contribution in [0, 0.1) is 0 Å². The van der Waals surface area contributed by atoms with Crippen molar-refractivity contribution in [3.05, 3.63) is 186 Å². The van der Waals surface area contributed by atoms with Crippen LogP contribution in [0.15, 0.2) is 158 Å². The number of hydrogen-bond donors (Lipinski definition) is 0. The van der Waals surface area contributed by atoms with Crippen LogP contribution in [0.3, 0.4) is 0 Å². The highest BCUT2D eigenvalue weighted by atomic mass is 15.0. The minimum Gasteiger partial charge on any atom is -0.309 e. The monoisotopic (exact) mass is 613 g/mol. The van der Waals surface area contributed by atoms with Gasteiger partial charge in [-0.3, -0.25) is 0 Å². The van der Waals surface area contributed by atoms with E-state index in [9.17, 15) is 0 Å². The summed E-state index contributed by atoms with van der Waals surface area (Å²) in [4.78, 5) is 0. The Hall–Kier alpha value is -5.66. The van der Waals surface area contributed by atoms with Crippen LogP contribution < -0.4 is 0 Å². The van der Waals surface area contributed by atoms with Gasteiger partial charge in [-0.05, 0) is 85.3 Å². The van der Waals surface area contributed by atoms with Crippen LogP contribution in [-0.2, 0) is 10.8 Å². The number of benzene rings is 7. The molecule has 48 heavy (non-hydrogen) atoms. The summed E-state index contributed by atoms with van der Waals surface area (Å²) in [5, 5.41) is 2.60. The van der Waals surface area contributed by atoms with Crippen LogP contribution in [0.4, 0.5) is 0 Å². The van der Waals surface area contributed by atoms with Gasteiger partial charge in [0.1, 0.15) is 0 Å². The molecule has 0 radical (unpaired) electrons. The van der Waals surface area contributed by atoms with E-state index in [0.29, 0.717) is 0 Å². The first-order valence-corrected chi connectivity index (χ1v) is 17.0. The van der Waals surface area contributed by atoms with Gasteiger partial charge in [-0.15, -0.1) is 0 Å². The maximum atomic E-state index is 2.57. The van der Waals surface area contributed by atoms with E-state index in [1.165, 1.54) is 88.7 Å². The van der Waals surface area contributed by atoms with E-state index in [2.05, 4.69) is 183 Å². The van der Waals surface area contributed by atoms with Crippen LogP contribution >= 0.6 is 0 Å². The molecular formula is C47H35N. The molecule has 2 aliphatic carbocycles. The van der Waals surface area contributed by atoms with Gasteiger partial charge in [0.15, 0.2) is 0 Å². The number of hydrogen-bond acceptors (Lipinski definition) is 0.